The van der Waals surface area contributed by atoms with Crippen LogP contribution in [0.25, 0.3) is 0 Å². The molecule has 3 rings (SSSR count). The Morgan fingerprint density at radius 3 is 3.29 bits per heavy atom. The molecule has 0 aromatic rings. The monoisotopic (exact) mass is 235 g/mol. The lowest BCUT2D eigenvalue weighted by Crippen LogP contribution is -2.38. The van der Waals surface area contributed by atoms with Crippen molar-refractivity contribution in [1.29, 1.82) is 0 Å². The van der Waals surface area contributed by atoms with E-state index in [2.05, 4.69) is 28.5 Å². The Morgan fingerprint density at radius 1 is 1.47 bits per heavy atom. The van der Waals surface area contributed by atoms with Gasteiger partial charge in [0.05, 0.1) is 5.71 Å². The summed E-state index contributed by atoms with van der Waals surface area (Å²) in [4.78, 5) is 7.93. The lowest BCUT2D eigenvalue weighted by molar-refractivity contribution is 0.0804. The highest BCUT2D eigenvalue weighted by Crippen LogP contribution is 2.28. The van der Waals surface area contributed by atoms with Gasteiger partial charge >= 0.3 is 0 Å². The van der Waals surface area contributed by atoms with E-state index in [-0.39, 0.29) is 6.23 Å². The van der Waals surface area contributed by atoms with Gasteiger partial charge in [-0.1, -0.05) is 11.2 Å². The van der Waals surface area contributed by atoms with Crippen molar-refractivity contribution >= 4 is 5.71 Å². The van der Waals surface area contributed by atoms with Gasteiger partial charge in [-0.05, 0) is 45.8 Å². The number of allylic oxidation sites excluding steroid dienone is 1. The smallest absolute Gasteiger partial charge is 0.206 e. The third-order valence-corrected chi connectivity index (χ3v) is 3.92. The number of piperidine rings is 1. The van der Waals surface area contributed by atoms with E-state index in [9.17, 15) is 0 Å². The van der Waals surface area contributed by atoms with Crippen LogP contribution in [0.3, 0.4) is 0 Å². The Balaban J connectivity index is 1.76. The number of nitrogens with zero attached hydrogens (tertiary/aromatic N) is 2. The zero-order valence-corrected chi connectivity index (χ0v) is 10.5. The molecule has 1 fully saturated rings. The molecule has 0 amide bonds. The molecule has 0 saturated carbocycles. The van der Waals surface area contributed by atoms with E-state index >= 15 is 0 Å². The largest absolute Gasteiger partial charge is 0.371 e. The van der Waals surface area contributed by atoms with Gasteiger partial charge in [-0.3, -0.25) is 5.32 Å². The summed E-state index contributed by atoms with van der Waals surface area (Å²) < 4.78 is 0. The number of fused-ring (bicyclic) bond motifs is 1. The van der Waals surface area contributed by atoms with Crippen molar-refractivity contribution in [3.05, 3.63) is 11.6 Å². The molecule has 0 radical (unpaired) electrons. The Labute approximate surface area is 103 Å². The van der Waals surface area contributed by atoms with Crippen molar-refractivity contribution in [3.8, 4) is 0 Å². The summed E-state index contributed by atoms with van der Waals surface area (Å²) >= 11 is 0. The van der Waals surface area contributed by atoms with Crippen molar-refractivity contribution < 1.29 is 4.84 Å². The minimum absolute atomic E-state index is 0.0275. The molecule has 0 bridgehead atoms. The van der Waals surface area contributed by atoms with Crippen LogP contribution in [0.1, 0.15) is 25.7 Å². The van der Waals surface area contributed by atoms with Gasteiger partial charge in [0.15, 0.2) is 0 Å². The summed E-state index contributed by atoms with van der Waals surface area (Å²) in [6.07, 6.45) is 7.21. The first-order chi connectivity index (χ1) is 8.34. The van der Waals surface area contributed by atoms with Gasteiger partial charge in [0.1, 0.15) is 0 Å². The second-order valence-electron chi connectivity index (χ2n) is 5.32. The van der Waals surface area contributed by atoms with Crippen LogP contribution >= 0.6 is 0 Å². The van der Waals surface area contributed by atoms with E-state index in [4.69, 9.17) is 4.84 Å². The second-order valence-corrected chi connectivity index (χ2v) is 5.32. The molecule has 4 heteroatoms. The van der Waals surface area contributed by atoms with Crippen LogP contribution in [-0.2, 0) is 4.84 Å². The van der Waals surface area contributed by atoms with Crippen LogP contribution < -0.4 is 5.32 Å². The minimum atomic E-state index is 0.0275. The molecule has 2 unspecified atom stereocenters. The molecule has 17 heavy (non-hydrogen) atoms. The first kappa shape index (κ1) is 11.2. The van der Waals surface area contributed by atoms with Crippen LogP contribution in [0.5, 0.6) is 0 Å². The highest BCUT2D eigenvalue weighted by molar-refractivity contribution is 6.03. The fraction of sp³-hybridized carbons (Fsp3) is 0.769. The number of likely N-dealkylation sites (tertiary alicyclic amines) is 1. The van der Waals surface area contributed by atoms with E-state index < -0.39 is 0 Å². The Hall–Kier alpha value is -0.870. The third-order valence-electron chi connectivity index (χ3n) is 3.92. The van der Waals surface area contributed by atoms with Gasteiger partial charge in [-0.2, -0.15) is 0 Å². The minimum Gasteiger partial charge on any atom is -0.371 e. The summed E-state index contributed by atoms with van der Waals surface area (Å²) in [6, 6.07) is 0. The van der Waals surface area contributed by atoms with Crippen LogP contribution in [-0.4, -0.2) is 43.5 Å². The summed E-state index contributed by atoms with van der Waals surface area (Å²) in [5, 5.41) is 7.74. The standard InChI is InChI=1S/C13H21N3O/c1-16-8-4-5-10(9-16)12-11-6-2-3-7-14-13(11)17-15-12/h6,10,13-14H,2-5,7-9H2,1H3. The summed E-state index contributed by atoms with van der Waals surface area (Å²) in [7, 11) is 2.19. The molecule has 1 N–H and O–H groups in total. The predicted molar refractivity (Wildman–Crippen MR) is 67.8 cm³/mol. The molecule has 0 spiro atoms. The zero-order chi connectivity index (χ0) is 11.7. The van der Waals surface area contributed by atoms with E-state index in [1.807, 2.05) is 0 Å². The number of hydrogen-bond acceptors (Lipinski definition) is 4. The Morgan fingerprint density at radius 2 is 2.41 bits per heavy atom. The molecule has 1 saturated heterocycles. The number of rotatable bonds is 1. The number of hydrogen-bond donors (Lipinski definition) is 1. The molecule has 3 aliphatic rings. The summed E-state index contributed by atoms with van der Waals surface area (Å²) in [5.74, 6) is 0.560. The van der Waals surface area contributed by atoms with E-state index in [0.29, 0.717) is 5.92 Å². The van der Waals surface area contributed by atoms with Crippen molar-refractivity contribution in [2.75, 3.05) is 26.7 Å². The maximum absolute atomic E-state index is 5.53. The normalized spacial score (nSPS) is 34.4. The van der Waals surface area contributed by atoms with Crippen LogP contribution in [0.15, 0.2) is 16.8 Å². The van der Waals surface area contributed by atoms with Gasteiger partial charge < -0.3 is 9.74 Å². The fourth-order valence-electron chi connectivity index (χ4n) is 3.00. The first-order valence-electron chi connectivity index (χ1n) is 6.70. The maximum Gasteiger partial charge on any atom is 0.206 e. The lowest BCUT2D eigenvalue weighted by Gasteiger charge is -2.29. The van der Waals surface area contributed by atoms with Crippen molar-refractivity contribution in [3.63, 3.8) is 0 Å². The molecular weight excluding hydrogens is 214 g/mol. The molecular formula is C13H21N3O. The molecule has 2 atom stereocenters. The molecule has 3 heterocycles. The predicted octanol–water partition coefficient (Wildman–Crippen LogP) is 1.35. The second kappa shape index (κ2) is 4.78. The quantitative estimate of drug-likeness (QED) is 0.745. The van der Waals surface area contributed by atoms with E-state index in [0.717, 1.165) is 19.5 Å². The highest BCUT2D eigenvalue weighted by Gasteiger charge is 2.34. The molecule has 0 aromatic heterocycles. The van der Waals surface area contributed by atoms with E-state index in [1.54, 1.807) is 0 Å². The molecule has 0 aromatic carbocycles. The van der Waals surface area contributed by atoms with Crippen molar-refractivity contribution in [1.82, 2.24) is 10.2 Å². The molecule has 94 valence electrons. The average Bonchev–Trinajstić information content (AvgIpc) is 2.59. The maximum atomic E-state index is 5.53. The Kier molecular flexibility index (Phi) is 3.16. The average molecular weight is 235 g/mol. The zero-order valence-electron chi connectivity index (χ0n) is 10.5. The van der Waals surface area contributed by atoms with Gasteiger partial charge in [-0.25, -0.2) is 0 Å². The molecule has 3 aliphatic heterocycles. The van der Waals surface area contributed by atoms with Gasteiger partial charge in [0, 0.05) is 18.0 Å². The fourth-order valence-corrected chi connectivity index (χ4v) is 3.00. The third kappa shape index (κ3) is 2.24. The highest BCUT2D eigenvalue weighted by atomic mass is 16.7. The van der Waals surface area contributed by atoms with Crippen molar-refractivity contribution in [2.24, 2.45) is 11.1 Å². The van der Waals surface area contributed by atoms with Gasteiger partial charge in [0.25, 0.3) is 0 Å². The molecule has 0 aliphatic carbocycles. The van der Waals surface area contributed by atoms with Crippen LogP contribution in [0, 0.1) is 5.92 Å². The van der Waals surface area contributed by atoms with E-state index in [1.165, 1.54) is 37.1 Å². The topological polar surface area (TPSA) is 36.9 Å². The van der Waals surface area contributed by atoms with Gasteiger partial charge in [0.2, 0.25) is 6.23 Å². The Bertz CT molecular complexity index is 351. The van der Waals surface area contributed by atoms with Gasteiger partial charge in [-0.15, -0.1) is 0 Å². The number of oxime groups is 1. The first-order valence-corrected chi connectivity index (χ1v) is 6.70. The molecule has 4 nitrogen and oxygen atoms in total. The number of nitrogens with one attached hydrogen (secondary N) is 1. The lowest BCUT2D eigenvalue weighted by atomic mass is 9.89. The van der Waals surface area contributed by atoms with Crippen LogP contribution in [0.2, 0.25) is 0 Å². The summed E-state index contributed by atoms with van der Waals surface area (Å²) in [6.45, 7) is 3.36. The van der Waals surface area contributed by atoms with Crippen molar-refractivity contribution in [2.45, 2.75) is 31.9 Å². The summed E-state index contributed by atoms with van der Waals surface area (Å²) in [5.41, 5.74) is 2.51. The van der Waals surface area contributed by atoms with Crippen LogP contribution in [0.4, 0.5) is 0 Å². The SMILES string of the molecule is CN1CCCC(C2=NOC3NCCCC=C23)C1.